The van der Waals surface area contributed by atoms with E-state index in [0.29, 0.717) is 5.02 Å². The molecule has 0 amide bonds. The minimum atomic E-state index is 0.0594. The summed E-state index contributed by atoms with van der Waals surface area (Å²) in [7, 11) is 1.93. The van der Waals surface area contributed by atoms with Gasteiger partial charge in [-0.25, -0.2) is 0 Å². The average Bonchev–Trinajstić information content (AvgIpc) is 2.78. The SMILES string of the molecule is Cc1cccc(C(=O)c2cn(C)c3cc(Cl)ccc23)c1C. The lowest BCUT2D eigenvalue weighted by molar-refractivity contribution is 0.103. The summed E-state index contributed by atoms with van der Waals surface area (Å²) in [5.41, 5.74) is 4.61. The van der Waals surface area contributed by atoms with Crippen molar-refractivity contribution in [2.24, 2.45) is 7.05 Å². The van der Waals surface area contributed by atoms with Crippen LogP contribution in [-0.4, -0.2) is 10.4 Å². The molecule has 21 heavy (non-hydrogen) atoms. The van der Waals surface area contributed by atoms with Crippen molar-refractivity contribution in [1.29, 1.82) is 0 Å². The third-order valence-electron chi connectivity index (χ3n) is 4.05. The second-order valence-corrected chi connectivity index (χ2v) is 5.83. The Hall–Kier alpha value is -2.06. The van der Waals surface area contributed by atoms with Crippen LogP contribution >= 0.6 is 11.6 Å². The quantitative estimate of drug-likeness (QED) is 0.630. The van der Waals surface area contributed by atoms with Crippen LogP contribution in [0, 0.1) is 13.8 Å². The van der Waals surface area contributed by atoms with Gasteiger partial charge in [0, 0.05) is 40.3 Å². The molecule has 0 saturated carbocycles. The number of hydrogen-bond acceptors (Lipinski definition) is 1. The summed E-state index contributed by atoms with van der Waals surface area (Å²) in [5, 5.41) is 1.61. The van der Waals surface area contributed by atoms with Gasteiger partial charge in [0.15, 0.2) is 5.78 Å². The van der Waals surface area contributed by atoms with Crippen molar-refractivity contribution in [3.8, 4) is 0 Å². The average molecular weight is 298 g/mol. The number of benzene rings is 2. The largest absolute Gasteiger partial charge is 0.350 e. The molecule has 0 N–H and O–H groups in total. The van der Waals surface area contributed by atoms with E-state index >= 15 is 0 Å². The minimum absolute atomic E-state index is 0.0594. The lowest BCUT2D eigenvalue weighted by atomic mass is 9.96. The van der Waals surface area contributed by atoms with E-state index in [2.05, 4.69) is 0 Å². The highest BCUT2D eigenvalue weighted by atomic mass is 35.5. The van der Waals surface area contributed by atoms with Gasteiger partial charge in [-0.1, -0.05) is 35.9 Å². The molecule has 0 aliphatic rings. The number of rotatable bonds is 2. The minimum Gasteiger partial charge on any atom is -0.350 e. The summed E-state index contributed by atoms with van der Waals surface area (Å²) in [4.78, 5) is 12.9. The molecule has 1 aromatic heterocycles. The molecule has 0 unspecified atom stereocenters. The Morgan fingerprint density at radius 2 is 1.86 bits per heavy atom. The lowest BCUT2D eigenvalue weighted by Gasteiger charge is -2.07. The van der Waals surface area contributed by atoms with Crippen molar-refractivity contribution in [2.75, 3.05) is 0 Å². The summed E-state index contributed by atoms with van der Waals surface area (Å²) < 4.78 is 1.94. The number of carbonyl (C=O) groups excluding carboxylic acids is 1. The van der Waals surface area contributed by atoms with Crippen LogP contribution in [-0.2, 0) is 7.05 Å². The molecule has 0 spiro atoms. The zero-order valence-corrected chi connectivity index (χ0v) is 13.0. The molecule has 2 nitrogen and oxygen atoms in total. The van der Waals surface area contributed by atoms with E-state index in [1.54, 1.807) is 0 Å². The van der Waals surface area contributed by atoms with E-state index in [9.17, 15) is 4.79 Å². The Morgan fingerprint density at radius 3 is 2.62 bits per heavy atom. The fourth-order valence-corrected chi connectivity index (χ4v) is 2.85. The number of hydrogen-bond donors (Lipinski definition) is 0. The van der Waals surface area contributed by atoms with E-state index in [1.165, 1.54) is 0 Å². The molecule has 0 fully saturated rings. The first kappa shape index (κ1) is 13.9. The van der Waals surface area contributed by atoms with Crippen LogP contribution < -0.4 is 0 Å². The van der Waals surface area contributed by atoms with Crippen LogP contribution in [0.3, 0.4) is 0 Å². The van der Waals surface area contributed by atoms with Crippen molar-refractivity contribution >= 4 is 28.3 Å². The standard InChI is InChI=1S/C18H16ClNO/c1-11-5-4-6-14(12(11)2)18(21)16-10-20(3)17-9-13(19)7-8-15(16)17/h4-10H,1-3H3. The smallest absolute Gasteiger partial charge is 0.195 e. The molecule has 0 radical (unpaired) electrons. The molecular formula is C18H16ClNO. The molecular weight excluding hydrogens is 282 g/mol. The van der Waals surface area contributed by atoms with Crippen LogP contribution in [0.25, 0.3) is 10.9 Å². The molecule has 3 rings (SSSR count). The van der Waals surface area contributed by atoms with Gasteiger partial charge in [-0.3, -0.25) is 4.79 Å². The van der Waals surface area contributed by atoms with E-state index in [0.717, 1.165) is 33.2 Å². The first-order valence-electron chi connectivity index (χ1n) is 6.84. The monoisotopic (exact) mass is 297 g/mol. The summed E-state index contributed by atoms with van der Waals surface area (Å²) in [5.74, 6) is 0.0594. The summed E-state index contributed by atoms with van der Waals surface area (Å²) >= 11 is 6.04. The topological polar surface area (TPSA) is 22.0 Å². The Morgan fingerprint density at radius 1 is 1.10 bits per heavy atom. The van der Waals surface area contributed by atoms with Gasteiger partial charge < -0.3 is 4.57 Å². The molecule has 3 heteroatoms. The van der Waals surface area contributed by atoms with E-state index in [1.807, 2.05) is 68.1 Å². The van der Waals surface area contributed by atoms with Crippen molar-refractivity contribution in [1.82, 2.24) is 4.57 Å². The molecule has 0 bridgehead atoms. The predicted molar refractivity (Wildman–Crippen MR) is 87.3 cm³/mol. The van der Waals surface area contributed by atoms with Crippen molar-refractivity contribution in [3.05, 3.63) is 69.9 Å². The maximum Gasteiger partial charge on any atom is 0.195 e. The molecule has 106 valence electrons. The van der Waals surface area contributed by atoms with Gasteiger partial charge in [0.25, 0.3) is 0 Å². The fraction of sp³-hybridized carbons (Fsp3) is 0.167. The fourth-order valence-electron chi connectivity index (χ4n) is 2.68. The number of fused-ring (bicyclic) bond motifs is 1. The summed E-state index contributed by atoms with van der Waals surface area (Å²) in [6.45, 7) is 4.01. The highest BCUT2D eigenvalue weighted by Gasteiger charge is 2.18. The van der Waals surface area contributed by atoms with Crippen molar-refractivity contribution < 1.29 is 4.79 Å². The lowest BCUT2D eigenvalue weighted by Crippen LogP contribution is -2.04. The predicted octanol–water partition coefficient (Wildman–Crippen LogP) is 4.68. The molecule has 1 heterocycles. The highest BCUT2D eigenvalue weighted by molar-refractivity contribution is 6.31. The third-order valence-corrected chi connectivity index (χ3v) is 4.28. The Balaban J connectivity index is 2.21. The van der Waals surface area contributed by atoms with E-state index in [-0.39, 0.29) is 5.78 Å². The molecule has 2 aromatic carbocycles. The first-order chi connectivity index (χ1) is 9.99. The molecule has 0 saturated heterocycles. The van der Waals surface area contributed by atoms with Crippen LogP contribution in [0.2, 0.25) is 5.02 Å². The highest BCUT2D eigenvalue weighted by Crippen LogP contribution is 2.27. The molecule has 0 aliphatic carbocycles. The zero-order valence-electron chi connectivity index (χ0n) is 12.3. The number of halogens is 1. The number of aryl methyl sites for hydroxylation is 2. The Kier molecular flexibility index (Phi) is 3.34. The number of ketones is 1. The van der Waals surface area contributed by atoms with Gasteiger partial charge in [0.2, 0.25) is 0 Å². The maximum absolute atomic E-state index is 12.9. The summed E-state index contributed by atoms with van der Waals surface area (Å²) in [6, 6.07) is 11.5. The summed E-state index contributed by atoms with van der Waals surface area (Å²) in [6.07, 6.45) is 1.88. The second-order valence-electron chi connectivity index (χ2n) is 5.39. The second kappa shape index (κ2) is 5.05. The van der Waals surface area contributed by atoms with Crippen LogP contribution in [0.5, 0.6) is 0 Å². The van der Waals surface area contributed by atoms with Gasteiger partial charge in [-0.2, -0.15) is 0 Å². The van der Waals surface area contributed by atoms with Crippen LogP contribution in [0.1, 0.15) is 27.0 Å². The number of aromatic nitrogens is 1. The third kappa shape index (κ3) is 2.26. The van der Waals surface area contributed by atoms with Crippen LogP contribution in [0.15, 0.2) is 42.6 Å². The van der Waals surface area contributed by atoms with Crippen molar-refractivity contribution in [2.45, 2.75) is 13.8 Å². The van der Waals surface area contributed by atoms with Crippen molar-refractivity contribution in [3.63, 3.8) is 0 Å². The number of carbonyl (C=O) groups is 1. The van der Waals surface area contributed by atoms with Gasteiger partial charge in [0.05, 0.1) is 0 Å². The first-order valence-corrected chi connectivity index (χ1v) is 7.22. The van der Waals surface area contributed by atoms with Crippen LogP contribution in [0.4, 0.5) is 0 Å². The normalized spacial score (nSPS) is 11.0. The molecule has 0 atom stereocenters. The van der Waals surface area contributed by atoms with E-state index < -0.39 is 0 Å². The maximum atomic E-state index is 12.9. The Labute approximate surface area is 129 Å². The van der Waals surface area contributed by atoms with Gasteiger partial charge in [-0.05, 0) is 37.1 Å². The molecule has 3 aromatic rings. The van der Waals surface area contributed by atoms with E-state index in [4.69, 9.17) is 11.6 Å². The van der Waals surface area contributed by atoms with Gasteiger partial charge >= 0.3 is 0 Å². The number of nitrogens with zero attached hydrogens (tertiary/aromatic N) is 1. The van der Waals surface area contributed by atoms with Gasteiger partial charge in [-0.15, -0.1) is 0 Å². The Bertz CT molecular complexity index is 861. The molecule has 0 aliphatic heterocycles. The zero-order chi connectivity index (χ0) is 15.1. The van der Waals surface area contributed by atoms with Gasteiger partial charge in [0.1, 0.15) is 0 Å².